The van der Waals surface area contributed by atoms with Crippen molar-refractivity contribution < 1.29 is 0 Å². The van der Waals surface area contributed by atoms with E-state index >= 15 is 0 Å². The third-order valence-electron chi connectivity index (χ3n) is 3.30. The van der Waals surface area contributed by atoms with Gasteiger partial charge in [0.2, 0.25) is 0 Å². The number of anilines is 1. The molecule has 1 N–H and O–H groups in total. The molecule has 0 saturated heterocycles. The van der Waals surface area contributed by atoms with Gasteiger partial charge in [0, 0.05) is 26.2 Å². The van der Waals surface area contributed by atoms with Gasteiger partial charge >= 0.3 is 0 Å². The molecule has 1 aliphatic rings. The second-order valence-electron chi connectivity index (χ2n) is 4.86. The standard InChI is InChI=1S/C12H20N4O/c1-13-11(9-4-5-9)8-16-12(17)6-10(7-14-16)15(2)3/h6-7,9,11,13H,4-5,8H2,1-3H3. The molecule has 5 heteroatoms. The minimum atomic E-state index is -0.0305. The fraction of sp³-hybridized carbons (Fsp3) is 0.667. The first-order valence-electron chi connectivity index (χ1n) is 6.03. The van der Waals surface area contributed by atoms with Crippen LogP contribution in [0.1, 0.15) is 12.8 Å². The van der Waals surface area contributed by atoms with Crippen LogP contribution in [-0.2, 0) is 6.54 Å². The van der Waals surface area contributed by atoms with E-state index in [1.165, 1.54) is 12.8 Å². The van der Waals surface area contributed by atoms with Crippen molar-refractivity contribution in [2.24, 2.45) is 5.92 Å². The van der Waals surface area contributed by atoms with Gasteiger partial charge in [0.1, 0.15) is 0 Å². The first-order chi connectivity index (χ1) is 8.11. The number of likely N-dealkylation sites (N-methyl/N-ethyl adjacent to an activating group) is 1. The Kier molecular flexibility index (Phi) is 3.47. The Hall–Kier alpha value is -1.36. The predicted molar refractivity (Wildman–Crippen MR) is 68.4 cm³/mol. The molecular formula is C12H20N4O. The summed E-state index contributed by atoms with van der Waals surface area (Å²) in [6, 6.07) is 2.00. The lowest BCUT2D eigenvalue weighted by atomic mass is 10.2. The molecule has 0 aromatic carbocycles. The molecule has 0 radical (unpaired) electrons. The number of nitrogens with one attached hydrogen (secondary N) is 1. The van der Waals surface area contributed by atoms with Crippen LogP contribution in [0.25, 0.3) is 0 Å². The van der Waals surface area contributed by atoms with Gasteiger partial charge in [0.15, 0.2) is 0 Å². The van der Waals surface area contributed by atoms with Crippen molar-refractivity contribution in [2.75, 3.05) is 26.0 Å². The molecule has 1 aliphatic carbocycles. The van der Waals surface area contributed by atoms with Crippen LogP contribution in [0.15, 0.2) is 17.1 Å². The number of aromatic nitrogens is 2. The molecule has 1 saturated carbocycles. The van der Waals surface area contributed by atoms with Crippen molar-refractivity contribution in [3.05, 3.63) is 22.6 Å². The van der Waals surface area contributed by atoms with Gasteiger partial charge in [-0.15, -0.1) is 0 Å². The maximum absolute atomic E-state index is 11.9. The quantitative estimate of drug-likeness (QED) is 0.799. The van der Waals surface area contributed by atoms with Gasteiger partial charge in [-0.3, -0.25) is 4.79 Å². The van der Waals surface area contributed by atoms with Crippen LogP contribution in [0.4, 0.5) is 5.69 Å². The lowest BCUT2D eigenvalue weighted by Gasteiger charge is -2.17. The summed E-state index contributed by atoms with van der Waals surface area (Å²) in [5, 5.41) is 7.49. The second-order valence-corrected chi connectivity index (χ2v) is 4.86. The molecule has 0 bridgehead atoms. The Bertz CT molecular complexity index is 436. The average molecular weight is 236 g/mol. The molecule has 2 rings (SSSR count). The van der Waals surface area contributed by atoms with E-state index in [0.717, 1.165) is 5.69 Å². The molecular weight excluding hydrogens is 216 g/mol. The Morgan fingerprint density at radius 3 is 2.76 bits per heavy atom. The fourth-order valence-corrected chi connectivity index (χ4v) is 1.97. The highest BCUT2D eigenvalue weighted by Gasteiger charge is 2.30. The van der Waals surface area contributed by atoms with Crippen molar-refractivity contribution in [1.82, 2.24) is 15.1 Å². The molecule has 1 aromatic heterocycles. The van der Waals surface area contributed by atoms with E-state index in [9.17, 15) is 4.79 Å². The molecule has 0 spiro atoms. The van der Waals surface area contributed by atoms with Crippen molar-refractivity contribution in [2.45, 2.75) is 25.4 Å². The molecule has 17 heavy (non-hydrogen) atoms. The SMILES string of the molecule is CNC(Cn1ncc(N(C)C)cc1=O)C1CC1. The molecule has 0 aliphatic heterocycles. The molecule has 1 atom stereocenters. The summed E-state index contributed by atoms with van der Waals surface area (Å²) in [5.74, 6) is 0.710. The van der Waals surface area contributed by atoms with Gasteiger partial charge in [-0.2, -0.15) is 5.10 Å². The van der Waals surface area contributed by atoms with E-state index in [4.69, 9.17) is 0 Å². The van der Waals surface area contributed by atoms with E-state index < -0.39 is 0 Å². The fourth-order valence-electron chi connectivity index (χ4n) is 1.97. The van der Waals surface area contributed by atoms with E-state index in [1.807, 2.05) is 26.0 Å². The third-order valence-corrected chi connectivity index (χ3v) is 3.30. The highest BCUT2D eigenvalue weighted by molar-refractivity contribution is 5.40. The summed E-state index contributed by atoms with van der Waals surface area (Å²) in [4.78, 5) is 13.8. The summed E-state index contributed by atoms with van der Waals surface area (Å²) in [7, 11) is 5.75. The normalized spacial score (nSPS) is 16.9. The van der Waals surface area contributed by atoms with Crippen LogP contribution in [-0.4, -0.2) is 37.0 Å². The highest BCUT2D eigenvalue weighted by atomic mass is 16.1. The predicted octanol–water partition coefficient (Wildman–Crippen LogP) is 0.307. The molecule has 1 heterocycles. The van der Waals surface area contributed by atoms with E-state index in [2.05, 4.69) is 10.4 Å². The van der Waals surface area contributed by atoms with Crippen LogP contribution >= 0.6 is 0 Å². The zero-order chi connectivity index (χ0) is 12.4. The molecule has 1 fully saturated rings. The van der Waals surface area contributed by atoms with Crippen molar-refractivity contribution >= 4 is 5.69 Å². The largest absolute Gasteiger partial charge is 0.376 e. The van der Waals surface area contributed by atoms with E-state index in [0.29, 0.717) is 18.5 Å². The Balaban J connectivity index is 2.13. The lowest BCUT2D eigenvalue weighted by Crippen LogP contribution is -2.37. The van der Waals surface area contributed by atoms with Gasteiger partial charge in [-0.1, -0.05) is 0 Å². The second kappa shape index (κ2) is 4.87. The number of nitrogens with zero attached hydrogens (tertiary/aromatic N) is 3. The Morgan fingerprint density at radius 1 is 1.59 bits per heavy atom. The first-order valence-corrected chi connectivity index (χ1v) is 6.03. The lowest BCUT2D eigenvalue weighted by molar-refractivity contribution is 0.403. The zero-order valence-electron chi connectivity index (χ0n) is 10.7. The molecule has 94 valence electrons. The average Bonchev–Trinajstić information content (AvgIpc) is 3.11. The third kappa shape index (κ3) is 2.85. The zero-order valence-corrected chi connectivity index (χ0v) is 10.7. The van der Waals surface area contributed by atoms with Crippen LogP contribution in [0.3, 0.4) is 0 Å². The summed E-state index contributed by atoms with van der Waals surface area (Å²) >= 11 is 0. The van der Waals surface area contributed by atoms with Crippen LogP contribution in [0.5, 0.6) is 0 Å². The van der Waals surface area contributed by atoms with Crippen molar-refractivity contribution in [3.8, 4) is 0 Å². The number of hydrogen-bond donors (Lipinski definition) is 1. The number of hydrogen-bond acceptors (Lipinski definition) is 4. The monoisotopic (exact) mass is 236 g/mol. The van der Waals surface area contributed by atoms with Crippen LogP contribution < -0.4 is 15.8 Å². The Labute approximate surface area is 101 Å². The molecule has 1 unspecified atom stereocenters. The molecule has 5 nitrogen and oxygen atoms in total. The van der Waals surface area contributed by atoms with Crippen LogP contribution in [0, 0.1) is 5.92 Å². The Morgan fingerprint density at radius 2 is 2.29 bits per heavy atom. The van der Waals surface area contributed by atoms with Crippen LogP contribution in [0.2, 0.25) is 0 Å². The first kappa shape index (κ1) is 12.1. The summed E-state index contributed by atoms with van der Waals surface area (Å²) < 4.78 is 1.55. The summed E-state index contributed by atoms with van der Waals surface area (Å²) in [6.45, 7) is 0.660. The van der Waals surface area contributed by atoms with E-state index in [-0.39, 0.29) is 5.56 Å². The van der Waals surface area contributed by atoms with Gasteiger partial charge < -0.3 is 10.2 Å². The highest BCUT2D eigenvalue weighted by Crippen LogP contribution is 2.32. The molecule has 0 amide bonds. The van der Waals surface area contributed by atoms with Gasteiger partial charge in [0.25, 0.3) is 5.56 Å². The van der Waals surface area contributed by atoms with Gasteiger partial charge in [-0.05, 0) is 25.8 Å². The summed E-state index contributed by atoms with van der Waals surface area (Å²) in [6.07, 6.45) is 4.26. The number of rotatable bonds is 5. The minimum Gasteiger partial charge on any atom is -0.376 e. The molecule has 1 aromatic rings. The van der Waals surface area contributed by atoms with E-state index in [1.54, 1.807) is 16.9 Å². The maximum atomic E-state index is 11.9. The maximum Gasteiger partial charge on any atom is 0.268 e. The van der Waals surface area contributed by atoms with Crippen molar-refractivity contribution in [3.63, 3.8) is 0 Å². The smallest absolute Gasteiger partial charge is 0.268 e. The topological polar surface area (TPSA) is 50.2 Å². The van der Waals surface area contributed by atoms with Gasteiger partial charge in [0.05, 0.1) is 18.4 Å². The van der Waals surface area contributed by atoms with Crippen molar-refractivity contribution in [1.29, 1.82) is 0 Å². The van der Waals surface area contributed by atoms with Gasteiger partial charge in [-0.25, -0.2) is 4.68 Å². The summed E-state index contributed by atoms with van der Waals surface area (Å²) in [5.41, 5.74) is 0.816. The minimum absolute atomic E-state index is 0.0305.